The van der Waals surface area contributed by atoms with Crippen LogP contribution in [0.15, 0.2) is 54.6 Å². The lowest BCUT2D eigenvalue weighted by Crippen LogP contribution is -2.32. The summed E-state index contributed by atoms with van der Waals surface area (Å²) in [6, 6.07) is 15.7. The van der Waals surface area contributed by atoms with Crippen LogP contribution in [0.25, 0.3) is 11.3 Å². The number of aromatic nitrogens is 2. The van der Waals surface area contributed by atoms with Gasteiger partial charge >= 0.3 is 6.18 Å². The number of alkyl halides is 3. The Morgan fingerprint density at radius 1 is 0.964 bits per heavy atom. The molecule has 0 aliphatic carbocycles. The number of rotatable bonds is 3. The summed E-state index contributed by atoms with van der Waals surface area (Å²) in [6.45, 7) is 1.06. The summed E-state index contributed by atoms with van der Waals surface area (Å²) < 4.78 is 45.5. The summed E-state index contributed by atoms with van der Waals surface area (Å²) in [5, 5.41) is 0. The molecule has 4 nitrogen and oxygen atoms in total. The summed E-state index contributed by atoms with van der Waals surface area (Å²) in [6.07, 6.45) is -3.81. The molecule has 0 spiro atoms. The van der Waals surface area contributed by atoms with E-state index in [1.54, 1.807) is 29.2 Å². The maximum absolute atomic E-state index is 13.5. The van der Waals surface area contributed by atoms with Gasteiger partial charge in [-0.1, -0.05) is 24.3 Å². The minimum atomic E-state index is -4.55. The molecule has 0 fully saturated rings. The fraction of sp³-hybridized carbons (Fsp3) is 0.238. The molecule has 2 heterocycles. The molecule has 28 heavy (non-hydrogen) atoms. The van der Waals surface area contributed by atoms with Crippen molar-refractivity contribution in [1.29, 1.82) is 0 Å². The summed E-state index contributed by atoms with van der Waals surface area (Å²) >= 11 is 0. The van der Waals surface area contributed by atoms with Crippen LogP contribution < -0.4 is 9.64 Å². The SMILES string of the molecule is COc1ccc(-c2cc(C(F)(F)F)nc(N3CCc4ccccc4C3)n2)cc1. The molecule has 0 amide bonds. The van der Waals surface area contributed by atoms with Gasteiger partial charge in [0.2, 0.25) is 5.95 Å². The molecule has 4 rings (SSSR count). The van der Waals surface area contributed by atoms with E-state index in [1.807, 2.05) is 24.3 Å². The Bertz CT molecular complexity index is 987. The van der Waals surface area contributed by atoms with Gasteiger partial charge in [0.1, 0.15) is 5.75 Å². The zero-order valence-corrected chi connectivity index (χ0v) is 15.2. The zero-order valence-electron chi connectivity index (χ0n) is 15.2. The average Bonchev–Trinajstić information content (AvgIpc) is 2.72. The molecule has 7 heteroatoms. The second kappa shape index (κ2) is 7.14. The van der Waals surface area contributed by atoms with Crippen LogP contribution >= 0.6 is 0 Å². The smallest absolute Gasteiger partial charge is 0.433 e. The fourth-order valence-electron chi connectivity index (χ4n) is 3.30. The van der Waals surface area contributed by atoms with Crippen molar-refractivity contribution in [1.82, 2.24) is 9.97 Å². The Balaban J connectivity index is 1.74. The number of hydrogen-bond donors (Lipinski definition) is 0. The van der Waals surface area contributed by atoms with E-state index in [2.05, 4.69) is 9.97 Å². The summed E-state index contributed by atoms with van der Waals surface area (Å²) in [7, 11) is 1.54. The maximum atomic E-state index is 13.5. The second-order valence-corrected chi connectivity index (χ2v) is 6.60. The minimum Gasteiger partial charge on any atom is -0.497 e. The number of hydrogen-bond acceptors (Lipinski definition) is 4. The van der Waals surface area contributed by atoms with Crippen molar-refractivity contribution in [3.8, 4) is 17.0 Å². The molecule has 0 N–H and O–H groups in total. The average molecular weight is 385 g/mol. The van der Waals surface area contributed by atoms with E-state index in [0.717, 1.165) is 18.1 Å². The lowest BCUT2D eigenvalue weighted by Gasteiger charge is -2.29. The molecule has 1 aliphatic heterocycles. The van der Waals surface area contributed by atoms with Gasteiger partial charge in [-0.3, -0.25) is 0 Å². The zero-order chi connectivity index (χ0) is 19.7. The first kappa shape index (κ1) is 18.3. The lowest BCUT2D eigenvalue weighted by atomic mass is 10.0. The topological polar surface area (TPSA) is 38.2 Å². The maximum Gasteiger partial charge on any atom is 0.433 e. The van der Waals surface area contributed by atoms with E-state index < -0.39 is 11.9 Å². The summed E-state index contributed by atoms with van der Waals surface area (Å²) in [4.78, 5) is 10.1. The predicted octanol–water partition coefficient (Wildman–Crippen LogP) is 4.73. The minimum absolute atomic E-state index is 0.0927. The molecular formula is C21H18F3N3O. The van der Waals surface area contributed by atoms with Gasteiger partial charge < -0.3 is 9.64 Å². The Morgan fingerprint density at radius 3 is 2.36 bits per heavy atom. The molecule has 144 valence electrons. The van der Waals surface area contributed by atoms with Gasteiger partial charge in [0.05, 0.1) is 12.8 Å². The molecule has 0 atom stereocenters. The monoisotopic (exact) mass is 385 g/mol. The first-order valence-electron chi connectivity index (χ1n) is 8.86. The molecule has 0 saturated carbocycles. The number of methoxy groups -OCH3 is 1. The molecule has 0 radical (unpaired) electrons. The van der Waals surface area contributed by atoms with Gasteiger partial charge in [0.15, 0.2) is 5.69 Å². The van der Waals surface area contributed by atoms with Gasteiger partial charge in [-0.05, 0) is 47.9 Å². The molecular weight excluding hydrogens is 367 g/mol. The molecule has 0 bridgehead atoms. The van der Waals surface area contributed by atoms with E-state index in [9.17, 15) is 13.2 Å². The number of fused-ring (bicyclic) bond motifs is 1. The van der Waals surface area contributed by atoms with Crippen LogP contribution in [0.3, 0.4) is 0 Å². The van der Waals surface area contributed by atoms with E-state index >= 15 is 0 Å². The largest absolute Gasteiger partial charge is 0.497 e. The van der Waals surface area contributed by atoms with Gasteiger partial charge in [-0.15, -0.1) is 0 Å². The third kappa shape index (κ3) is 3.65. The standard InChI is InChI=1S/C21H18F3N3O/c1-28-17-8-6-15(7-9-17)18-12-19(21(22,23)24)26-20(25-18)27-11-10-14-4-2-3-5-16(14)13-27/h2-9,12H,10-11,13H2,1H3. The first-order chi connectivity index (χ1) is 13.4. The number of nitrogens with zero attached hydrogens (tertiary/aromatic N) is 3. The summed E-state index contributed by atoms with van der Waals surface area (Å²) in [5.41, 5.74) is 2.16. The van der Waals surface area contributed by atoms with Crippen molar-refractivity contribution >= 4 is 5.95 Å². The molecule has 1 aliphatic rings. The van der Waals surface area contributed by atoms with Crippen LogP contribution in [0.5, 0.6) is 5.75 Å². The number of halogens is 3. The van der Waals surface area contributed by atoms with Gasteiger partial charge in [0.25, 0.3) is 0 Å². The highest BCUT2D eigenvalue weighted by Gasteiger charge is 2.34. The van der Waals surface area contributed by atoms with Crippen molar-refractivity contribution in [2.24, 2.45) is 0 Å². The van der Waals surface area contributed by atoms with Crippen molar-refractivity contribution < 1.29 is 17.9 Å². The van der Waals surface area contributed by atoms with Crippen LogP contribution in [-0.4, -0.2) is 23.6 Å². The van der Waals surface area contributed by atoms with Crippen molar-refractivity contribution in [3.63, 3.8) is 0 Å². The highest BCUT2D eigenvalue weighted by atomic mass is 19.4. The van der Waals surface area contributed by atoms with E-state index in [4.69, 9.17) is 4.74 Å². The quantitative estimate of drug-likeness (QED) is 0.653. The van der Waals surface area contributed by atoms with Gasteiger partial charge in [0, 0.05) is 18.7 Å². The number of ether oxygens (including phenoxy) is 1. The molecule has 2 aromatic carbocycles. The third-order valence-corrected chi connectivity index (χ3v) is 4.80. The van der Waals surface area contributed by atoms with Crippen LogP contribution in [0.1, 0.15) is 16.8 Å². The third-order valence-electron chi connectivity index (χ3n) is 4.80. The van der Waals surface area contributed by atoms with Gasteiger partial charge in [-0.25, -0.2) is 9.97 Å². The van der Waals surface area contributed by atoms with E-state index in [0.29, 0.717) is 24.4 Å². The summed E-state index contributed by atoms with van der Waals surface area (Å²) in [5.74, 6) is 0.719. The predicted molar refractivity (Wildman–Crippen MR) is 100 cm³/mol. The molecule has 0 unspecified atom stereocenters. The van der Waals surface area contributed by atoms with Crippen molar-refractivity contribution in [2.45, 2.75) is 19.1 Å². The Kier molecular flexibility index (Phi) is 4.66. The Hall–Kier alpha value is -3.09. The Labute approximate surface area is 160 Å². The molecule has 1 aromatic heterocycles. The first-order valence-corrected chi connectivity index (χ1v) is 8.86. The normalized spacial score (nSPS) is 13.9. The number of benzene rings is 2. The second-order valence-electron chi connectivity index (χ2n) is 6.60. The Morgan fingerprint density at radius 2 is 1.68 bits per heavy atom. The van der Waals surface area contributed by atoms with Crippen LogP contribution in [0, 0.1) is 0 Å². The van der Waals surface area contributed by atoms with Crippen molar-refractivity contribution in [3.05, 3.63) is 71.4 Å². The van der Waals surface area contributed by atoms with Crippen molar-refractivity contribution in [2.75, 3.05) is 18.6 Å². The lowest BCUT2D eigenvalue weighted by molar-refractivity contribution is -0.141. The van der Waals surface area contributed by atoms with Crippen LogP contribution in [-0.2, 0) is 19.1 Å². The van der Waals surface area contributed by atoms with Crippen LogP contribution in [0.2, 0.25) is 0 Å². The van der Waals surface area contributed by atoms with Gasteiger partial charge in [-0.2, -0.15) is 13.2 Å². The molecule has 0 saturated heterocycles. The highest BCUT2D eigenvalue weighted by molar-refractivity contribution is 5.62. The number of anilines is 1. The molecule has 3 aromatic rings. The van der Waals surface area contributed by atoms with E-state index in [1.165, 1.54) is 12.7 Å². The highest BCUT2D eigenvalue weighted by Crippen LogP contribution is 2.33. The van der Waals surface area contributed by atoms with Crippen LogP contribution in [0.4, 0.5) is 19.1 Å². The van der Waals surface area contributed by atoms with E-state index in [-0.39, 0.29) is 11.6 Å². The fourth-order valence-corrected chi connectivity index (χ4v) is 3.30.